The number of hydrogen-bond acceptors (Lipinski definition) is 9. The average Bonchev–Trinajstić information content (AvgIpc) is 3.34. The minimum atomic E-state index is -3.12. The first-order chi connectivity index (χ1) is 19.1. The summed E-state index contributed by atoms with van der Waals surface area (Å²) in [6, 6.07) is 13.9. The van der Waals surface area contributed by atoms with E-state index in [0.717, 1.165) is 26.2 Å². The van der Waals surface area contributed by atoms with Crippen LogP contribution in [0.3, 0.4) is 0 Å². The Morgan fingerprint density at radius 1 is 1.02 bits per heavy atom. The fourth-order valence-corrected chi connectivity index (χ4v) is 4.68. The Morgan fingerprint density at radius 2 is 1.80 bits per heavy atom. The van der Waals surface area contributed by atoms with E-state index in [9.17, 15) is 25.2 Å². The number of halogens is 1. The molecule has 0 saturated carbocycles. The molecule has 0 radical (unpaired) electrons. The lowest BCUT2D eigenvalue weighted by Crippen LogP contribution is -2.44. The van der Waals surface area contributed by atoms with Crippen LogP contribution in [-0.4, -0.2) is 84.0 Å². The van der Waals surface area contributed by atoms with Crippen molar-refractivity contribution in [3.63, 3.8) is 0 Å². The monoisotopic (exact) mass is 562 g/mol. The number of benzene rings is 2. The summed E-state index contributed by atoms with van der Waals surface area (Å²) >= 11 is 6.23. The topological polar surface area (TPSA) is 147 Å². The van der Waals surface area contributed by atoms with E-state index in [0.29, 0.717) is 28.6 Å². The van der Waals surface area contributed by atoms with E-state index in [1.165, 1.54) is 24.3 Å². The molecule has 1 aliphatic heterocycles. The number of piperazine rings is 1. The summed E-state index contributed by atoms with van der Waals surface area (Å²) < 4.78 is 1.56. The van der Waals surface area contributed by atoms with Gasteiger partial charge in [-0.25, -0.2) is 0 Å². The zero-order valence-electron chi connectivity index (χ0n) is 21.5. The summed E-state index contributed by atoms with van der Waals surface area (Å²) in [7, 11) is 2.04. The Morgan fingerprint density at radius 3 is 2.55 bits per heavy atom. The molecule has 12 heteroatoms. The van der Waals surface area contributed by atoms with Crippen LogP contribution in [-0.2, 0) is 12.5 Å². The van der Waals surface area contributed by atoms with Gasteiger partial charge in [0.2, 0.25) is 5.82 Å². The van der Waals surface area contributed by atoms with Gasteiger partial charge in [0.15, 0.2) is 5.65 Å². The van der Waals surface area contributed by atoms with E-state index >= 15 is 0 Å². The number of likely N-dealkylation sites (N-methyl/N-ethyl adjacent to an activating group) is 1. The molecule has 4 aromatic rings. The number of aromatic hydroxyl groups is 1. The number of fused-ring (bicyclic) bond motifs is 1. The van der Waals surface area contributed by atoms with Crippen LogP contribution in [0.1, 0.15) is 32.9 Å². The van der Waals surface area contributed by atoms with Crippen LogP contribution >= 0.6 is 11.6 Å². The lowest BCUT2D eigenvalue weighted by Gasteiger charge is -2.33. The first-order valence-electron chi connectivity index (χ1n) is 12.5. The van der Waals surface area contributed by atoms with Crippen molar-refractivity contribution in [2.75, 3.05) is 38.5 Å². The molecule has 1 saturated heterocycles. The Hall–Kier alpha value is -4.02. The molecule has 11 nitrogen and oxygen atoms in total. The van der Waals surface area contributed by atoms with Gasteiger partial charge in [0.25, 0.3) is 5.91 Å². The number of aromatic nitrogens is 3. The summed E-state index contributed by atoms with van der Waals surface area (Å²) in [5.41, 5.74) is 1.51. The number of carbonyl (C=O) groups is 1. The lowest BCUT2D eigenvalue weighted by atomic mass is 10.0. The first-order valence-corrected chi connectivity index (χ1v) is 12.8. The normalized spacial score (nSPS) is 14.6. The van der Waals surface area contributed by atoms with Crippen LogP contribution in [0.4, 0.5) is 5.69 Å². The number of hydrogen-bond donors (Lipinski definition) is 5. The highest BCUT2D eigenvalue weighted by Crippen LogP contribution is 2.25. The number of pyridine rings is 1. The van der Waals surface area contributed by atoms with Crippen LogP contribution in [0.5, 0.6) is 5.75 Å². The standard InChI is InChI=1S/C28H27ClN6O5/c1-33-11-13-34(14-12-33)17-20-6-5-19(16-22(20)28(38,39)40)27(37)30-21-8-9-23(36)18(15-21)7-10-26-32-31-25-4-2-3-24(29)35(25)26/h2-6,8-9,15-16,36,38-40H,11-14,17H2,1H3,(H,30,37). The highest BCUT2D eigenvalue weighted by Gasteiger charge is 2.28. The van der Waals surface area contributed by atoms with Crippen molar-refractivity contribution in [1.29, 1.82) is 0 Å². The molecule has 3 heterocycles. The summed E-state index contributed by atoms with van der Waals surface area (Å²) in [4.78, 5) is 17.4. The third-order valence-electron chi connectivity index (χ3n) is 6.67. The van der Waals surface area contributed by atoms with Crippen molar-refractivity contribution in [1.82, 2.24) is 24.4 Å². The van der Waals surface area contributed by atoms with Gasteiger partial charge in [-0.2, -0.15) is 0 Å². The van der Waals surface area contributed by atoms with E-state index in [1.807, 2.05) is 7.05 Å². The Bertz CT molecular complexity index is 1630. The molecule has 206 valence electrons. The minimum Gasteiger partial charge on any atom is -0.507 e. The molecule has 1 fully saturated rings. The second-order valence-corrected chi connectivity index (χ2v) is 9.98. The maximum atomic E-state index is 13.0. The minimum absolute atomic E-state index is 0.101. The third kappa shape index (κ3) is 6.08. The smallest absolute Gasteiger partial charge is 0.304 e. The van der Waals surface area contributed by atoms with Gasteiger partial charge in [0, 0.05) is 49.5 Å². The number of rotatable bonds is 5. The van der Waals surface area contributed by atoms with Crippen molar-refractivity contribution in [3.8, 4) is 17.6 Å². The maximum absolute atomic E-state index is 13.0. The summed E-state index contributed by atoms with van der Waals surface area (Å²) in [5, 5.41) is 51.5. The molecule has 1 aliphatic rings. The SMILES string of the molecule is CN1CCN(Cc2ccc(C(=O)Nc3ccc(O)c(C#Cc4nnc5cccc(Cl)n45)c3)cc2C(O)(O)O)CC1. The van der Waals surface area contributed by atoms with Crippen LogP contribution < -0.4 is 5.32 Å². The van der Waals surface area contributed by atoms with Crippen LogP contribution in [0, 0.1) is 11.8 Å². The van der Waals surface area contributed by atoms with Gasteiger partial charge < -0.3 is 30.6 Å². The summed E-state index contributed by atoms with van der Waals surface area (Å²) in [6.45, 7) is 3.72. The Balaban J connectivity index is 1.36. The van der Waals surface area contributed by atoms with E-state index in [1.54, 1.807) is 34.7 Å². The number of nitrogens with zero attached hydrogens (tertiary/aromatic N) is 5. The van der Waals surface area contributed by atoms with Crippen molar-refractivity contribution in [3.05, 3.63) is 87.8 Å². The molecule has 0 aliphatic carbocycles. The van der Waals surface area contributed by atoms with Gasteiger partial charge in [0.05, 0.1) is 5.56 Å². The molecule has 40 heavy (non-hydrogen) atoms. The molecular weight excluding hydrogens is 536 g/mol. The molecule has 0 bridgehead atoms. The van der Waals surface area contributed by atoms with Crippen molar-refractivity contribution >= 4 is 28.8 Å². The molecule has 1 amide bonds. The molecule has 5 N–H and O–H groups in total. The maximum Gasteiger partial charge on any atom is 0.304 e. The van der Waals surface area contributed by atoms with Gasteiger partial charge in [-0.05, 0) is 61.0 Å². The third-order valence-corrected chi connectivity index (χ3v) is 6.96. The molecule has 0 atom stereocenters. The number of phenolic OH excluding ortho intramolecular Hbond substituents is 1. The summed E-state index contributed by atoms with van der Waals surface area (Å²) in [5.74, 6) is 2.16. The Labute approximate surface area is 234 Å². The molecule has 5 rings (SSSR count). The van der Waals surface area contributed by atoms with Crippen molar-refractivity contribution in [2.45, 2.75) is 12.5 Å². The molecule has 2 aromatic heterocycles. The highest BCUT2D eigenvalue weighted by molar-refractivity contribution is 6.29. The zero-order valence-corrected chi connectivity index (χ0v) is 22.3. The van der Waals surface area contributed by atoms with Crippen LogP contribution in [0.2, 0.25) is 5.15 Å². The summed E-state index contributed by atoms with van der Waals surface area (Å²) in [6.07, 6.45) is 0. The number of nitrogens with one attached hydrogen (secondary N) is 1. The average molecular weight is 563 g/mol. The number of carbonyl (C=O) groups excluding carboxylic acids is 1. The predicted octanol–water partition coefficient (Wildman–Crippen LogP) is 1.57. The fourth-order valence-electron chi connectivity index (χ4n) is 4.44. The number of phenols is 1. The van der Waals surface area contributed by atoms with E-state index < -0.39 is 11.9 Å². The van der Waals surface area contributed by atoms with E-state index in [-0.39, 0.29) is 28.3 Å². The van der Waals surface area contributed by atoms with Gasteiger partial charge in [0.1, 0.15) is 10.9 Å². The van der Waals surface area contributed by atoms with Crippen LogP contribution in [0.25, 0.3) is 5.65 Å². The highest BCUT2D eigenvalue weighted by atomic mass is 35.5. The van der Waals surface area contributed by atoms with Crippen LogP contribution in [0.15, 0.2) is 54.6 Å². The lowest BCUT2D eigenvalue weighted by molar-refractivity contribution is -0.324. The largest absolute Gasteiger partial charge is 0.507 e. The van der Waals surface area contributed by atoms with Crippen molar-refractivity contribution in [2.24, 2.45) is 0 Å². The first kappa shape index (κ1) is 27.5. The molecule has 0 unspecified atom stereocenters. The second-order valence-electron chi connectivity index (χ2n) is 9.59. The molecule has 2 aromatic carbocycles. The number of anilines is 1. The quantitative estimate of drug-likeness (QED) is 0.106. The van der Waals surface area contributed by atoms with Gasteiger partial charge >= 0.3 is 5.97 Å². The second kappa shape index (κ2) is 11.2. The Kier molecular flexibility index (Phi) is 7.73. The van der Waals surface area contributed by atoms with E-state index in [4.69, 9.17) is 11.6 Å². The van der Waals surface area contributed by atoms with Gasteiger partial charge in [-0.15, -0.1) is 10.2 Å². The number of amides is 1. The fraction of sp³-hybridized carbons (Fsp3) is 0.250. The molecule has 0 spiro atoms. The van der Waals surface area contributed by atoms with Gasteiger partial charge in [-0.1, -0.05) is 29.7 Å². The number of aliphatic hydroxyl groups is 3. The van der Waals surface area contributed by atoms with Crippen molar-refractivity contribution < 1.29 is 25.2 Å². The predicted molar refractivity (Wildman–Crippen MR) is 148 cm³/mol. The zero-order chi connectivity index (χ0) is 28.4. The van der Waals surface area contributed by atoms with Gasteiger partial charge in [-0.3, -0.25) is 14.1 Å². The van der Waals surface area contributed by atoms with E-state index in [2.05, 4.69) is 37.2 Å². The molecular formula is C28H27ClN6O5.